The molecule has 0 amide bonds. The largest absolute Gasteiger partial charge is 0.461 e. The van der Waals surface area contributed by atoms with Gasteiger partial charge in [0.25, 0.3) is 0 Å². The van der Waals surface area contributed by atoms with Gasteiger partial charge in [-0.05, 0) is 49.6 Å². The van der Waals surface area contributed by atoms with Crippen molar-refractivity contribution in [3.63, 3.8) is 0 Å². The summed E-state index contributed by atoms with van der Waals surface area (Å²) < 4.78 is 37.4. The predicted octanol–water partition coefficient (Wildman–Crippen LogP) is 3.29. The molecule has 0 unspecified atom stereocenters. The Hall–Kier alpha value is -2.75. The van der Waals surface area contributed by atoms with Crippen LogP contribution in [-0.2, 0) is 26.2 Å². The van der Waals surface area contributed by atoms with Crippen LogP contribution in [0.25, 0.3) is 11.0 Å². The summed E-state index contributed by atoms with van der Waals surface area (Å²) in [6, 6.07) is 7.70. The molecule has 168 valence electrons. The molecule has 0 atom stereocenters. The molecule has 0 aliphatic carbocycles. The average molecular weight is 477 g/mol. The number of ether oxygens (including phenoxy) is 1. The molecule has 1 aliphatic heterocycles. The van der Waals surface area contributed by atoms with E-state index in [0.717, 1.165) is 5.56 Å². The Morgan fingerprint density at radius 3 is 2.72 bits per heavy atom. The molecule has 8 nitrogen and oxygen atoms in total. The van der Waals surface area contributed by atoms with Crippen LogP contribution in [0.2, 0.25) is 5.02 Å². The van der Waals surface area contributed by atoms with E-state index in [1.54, 1.807) is 25.1 Å². The summed E-state index contributed by atoms with van der Waals surface area (Å²) in [5, 5.41) is 1.12. The minimum Gasteiger partial charge on any atom is -0.461 e. The quantitative estimate of drug-likeness (QED) is 0.410. The fourth-order valence-corrected chi connectivity index (χ4v) is 5.31. The van der Waals surface area contributed by atoms with Crippen LogP contribution in [0.5, 0.6) is 0 Å². The van der Waals surface area contributed by atoms with E-state index in [1.807, 2.05) is 0 Å². The van der Waals surface area contributed by atoms with Gasteiger partial charge in [-0.15, -0.1) is 0 Å². The maximum Gasteiger partial charge on any atom is 0.336 e. The summed E-state index contributed by atoms with van der Waals surface area (Å²) >= 11 is 6.19. The molecule has 10 heteroatoms. The number of fused-ring (bicyclic) bond motifs is 1. The number of piperidine rings is 1. The minimum absolute atomic E-state index is 0.103. The third-order valence-electron chi connectivity index (χ3n) is 5.54. The van der Waals surface area contributed by atoms with Crippen molar-refractivity contribution in [3.05, 3.63) is 69.3 Å². The van der Waals surface area contributed by atoms with Crippen LogP contribution >= 0.6 is 11.6 Å². The van der Waals surface area contributed by atoms with E-state index >= 15 is 0 Å². The smallest absolute Gasteiger partial charge is 0.336 e. The number of esters is 1. The Morgan fingerprint density at radius 1 is 1.28 bits per heavy atom. The minimum atomic E-state index is -3.64. The van der Waals surface area contributed by atoms with Crippen LogP contribution in [0, 0.1) is 12.8 Å². The van der Waals surface area contributed by atoms with Gasteiger partial charge >= 0.3 is 11.6 Å². The summed E-state index contributed by atoms with van der Waals surface area (Å²) in [4.78, 5) is 28.5. The molecule has 0 radical (unpaired) electrons. The van der Waals surface area contributed by atoms with Gasteiger partial charge < -0.3 is 9.15 Å². The van der Waals surface area contributed by atoms with E-state index in [9.17, 15) is 18.0 Å². The van der Waals surface area contributed by atoms with Gasteiger partial charge in [0, 0.05) is 47.5 Å². The van der Waals surface area contributed by atoms with Crippen molar-refractivity contribution in [2.24, 2.45) is 5.92 Å². The first-order valence-electron chi connectivity index (χ1n) is 10.1. The SMILES string of the molecule is Cc1cc2oc(=O)cc(COC(=O)C3CCN(S(=O)(=O)c4cccnc4)CC3)c2cc1Cl. The van der Waals surface area contributed by atoms with Crippen LogP contribution in [0.1, 0.15) is 24.0 Å². The van der Waals surface area contributed by atoms with E-state index in [4.69, 9.17) is 20.8 Å². The summed E-state index contributed by atoms with van der Waals surface area (Å²) in [6.45, 7) is 2.12. The van der Waals surface area contributed by atoms with Crippen LogP contribution in [0.3, 0.4) is 0 Å². The Bertz CT molecular complexity index is 1320. The van der Waals surface area contributed by atoms with Crippen LogP contribution in [0.15, 0.2) is 56.8 Å². The van der Waals surface area contributed by atoms with Crippen molar-refractivity contribution in [2.75, 3.05) is 13.1 Å². The number of pyridine rings is 1. The number of halogens is 1. The number of carbonyl (C=O) groups is 1. The average Bonchev–Trinajstić information content (AvgIpc) is 2.79. The zero-order chi connectivity index (χ0) is 22.9. The van der Waals surface area contributed by atoms with Crippen LogP contribution in [0.4, 0.5) is 0 Å². The van der Waals surface area contributed by atoms with Gasteiger partial charge in [0.05, 0.1) is 5.92 Å². The molecule has 3 aromatic rings. The lowest BCUT2D eigenvalue weighted by molar-refractivity contribution is -0.151. The molecule has 3 heterocycles. The van der Waals surface area contributed by atoms with Crippen LogP contribution < -0.4 is 5.63 Å². The number of nitrogens with zero attached hydrogens (tertiary/aromatic N) is 2. The summed E-state index contributed by atoms with van der Waals surface area (Å²) in [6.07, 6.45) is 3.52. The number of carbonyl (C=O) groups excluding carboxylic acids is 1. The molecular formula is C22H21ClN2O6S. The monoisotopic (exact) mass is 476 g/mol. The first-order valence-corrected chi connectivity index (χ1v) is 11.9. The highest BCUT2D eigenvalue weighted by Gasteiger charge is 2.33. The number of benzene rings is 1. The molecule has 0 saturated carbocycles. The van der Waals surface area contributed by atoms with Gasteiger partial charge in [-0.3, -0.25) is 9.78 Å². The normalized spacial score (nSPS) is 15.7. The molecule has 2 aromatic heterocycles. The predicted molar refractivity (Wildman–Crippen MR) is 118 cm³/mol. The molecule has 1 aromatic carbocycles. The number of aryl methyl sites for hydroxylation is 1. The standard InChI is InChI=1S/C22H21ClN2O6S/c1-14-9-20-18(11-19(14)23)16(10-21(26)31-20)13-30-22(27)15-4-7-25(8-5-15)32(28,29)17-3-2-6-24-12-17/h2-3,6,9-12,15H,4-5,7-8,13H2,1H3. The zero-order valence-corrected chi connectivity index (χ0v) is 18.9. The number of hydrogen-bond acceptors (Lipinski definition) is 7. The van der Waals surface area contributed by atoms with Crippen molar-refractivity contribution < 1.29 is 22.4 Å². The second-order valence-electron chi connectivity index (χ2n) is 7.66. The molecule has 0 spiro atoms. The highest BCUT2D eigenvalue weighted by atomic mass is 35.5. The zero-order valence-electron chi connectivity index (χ0n) is 17.3. The topological polar surface area (TPSA) is 107 Å². The van der Waals surface area contributed by atoms with Gasteiger partial charge in [-0.25, -0.2) is 13.2 Å². The molecule has 0 N–H and O–H groups in total. The van der Waals surface area contributed by atoms with E-state index in [-0.39, 0.29) is 24.6 Å². The molecule has 1 saturated heterocycles. The van der Waals surface area contributed by atoms with Gasteiger partial charge in [-0.1, -0.05) is 11.6 Å². The lowest BCUT2D eigenvalue weighted by atomic mass is 9.98. The number of hydrogen-bond donors (Lipinski definition) is 0. The van der Waals surface area contributed by atoms with Crippen molar-refractivity contribution in [2.45, 2.75) is 31.3 Å². The Kier molecular flexibility index (Phi) is 6.32. The van der Waals surface area contributed by atoms with Crippen LogP contribution in [-0.4, -0.2) is 36.8 Å². The second kappa shape index (κ2) is 9.01. The number of rotatable bonds is 5. The molecular weight excluding hydrogens is 456 g/mol. The van der Waals surface area contributed by atoms with Crippen molar-refractivity contribution in [1.82, 2.24) is 9.29 Å². The van der Waals surface area contributed by atoms with E-state index in [1.165, 1.54) is 28.8 Å². The molecule has 1 fully saturated rings. The Balaban J connectivity index is 1.41. The Morgan fingerprint density at radius 2 is 2.03 bits per heavy atom. The fraction of sp³-hybridized carbons (Fsp3) is 0.318. The highest BCUT2D eigenvalue weighted by Crippen LogP contribution is 2.27. The second-order valence-corrected chi connectivity index (χ2v) is 10.0. The van der Waals surface area contributed by atoms with Crippen molar-refractivity contribution in [3.8, 4) is 0 Å². The van der Waals surface area contributed by atoms with Crippen molar-refractivity contribution >= 4 is 38.6 Å². The third kappa shape index (κ3) is 4.55. The van der Waals surface area contributed by atoms with Gasteiger partial charge in [0.2, 0.25) is 10.0 Å². The fourth-order valence-electron chi connectivity index (χ4n) is 3.72. The number of sulfonamides is 1. The van der Waals surface area contributed by atoms with Crippen molar-refractivity contribution in [1.29, 1.82) is 0 Å². The third-order valence-corrected chi connectivity index (χ3v) is 7.83. The maximum absolute atomic E-state index is 12.7. The maximum atomic E-state index is 12.7. The lowest BCUT2D eigenvalue weighted by Crippen LogP contribution is -2.40. The summed E-state index contributed by atoms with van der Waals surface area (Å²) in [5.74, 6) is -0.851. The van der Waals surface area contributed by atoms with Gasteiger partial charge in [0.1, 0.15) is 17.1 Å². The Labute approximate surface area is 189 Å². The molecule has 0 bridgehead atoms. The van der Waals surface area contributed by atoms with Gasteiger partial charge in [0.15, 0.2) is 0 Å². The summed E-state index contributed by atoms with van der Waals surface area (Å²) in [5.41, 5.74) is 1.10. The first-order chi connectivity index (χ1) is 15.3. The van der Waals surface area contributed by atoms with E-state index in [2.05, 4.69) is 4.98 Å². The molecule has 32 heavy (non-hydrogen) atoms. The summed E-state index contributed by atoms with van der Waals surface area (Å²) in [7, 11) is -3.64. The van der Waals surface area contributed by atoms with Gasteiger partial charge in [-0.2, -0.15) is 4.31 Å². The lowest BCUT2D eigenvalue weighted by Gasteiger charge is -2.30. The number of aromatic nitrogens is 1. The van der Waals surface area contributed by atoms with E-state index < -0.39 is 27.5 Å². The highest BCUT2D eigenvalue weighted by molar-refractivity contribution is 7.89. The molecule has 4 rings (SSSR count). The van der Waals surface area contributed by atoms with E-state index in [0.29, 0.717) is 34.4 Å². The first kappa shape index (κ1) is 22.4. The molecule has 1 aliphatic rings.